The summed E-state index contributed by atoms with van der Waals surface area (Å²) in [7, 11) is 5.28. The Kier molecular flexibility index (Phi) is 6.33. The molecule has 6 heteroatoms. The fourth-order valence-electron chi connectivity index (χ4n) is 2.43. The van der Waals surface area contributed by atoms with Gasteiger partial charge in [0.2, 0.25) is 0 Å². The molecule has 0 aliphatic carbocycles. The summed E-state index contributed by atoms with van der Waals surface area (Å²) in [5.74, 6) is 0.127. The zero-order valence-corrected chi connectivity index (χ0v) is 15.0. The van der Waals surface area contributed by atoms with Gasteiger partial charge in [0.1, 0.15) is 11.6 Å². The molecule has 2 aromatic carbocycles. The van der Waals surface area contributed by atoms with Gasteiger partial charge in [-0.05, 0) is 41.8 Å². The molecule has 0 aliphatic rings. The van der Waals surface area contributed by atoms with Gasteiger partial charge >= 0.3 is 0 Å². The summed E-state index contributed by atoms with van der Waals surface area (Å²) in [4.78, 5) is 5.88. The lowest BCUT2D eigenvalue weighted by Crippen LogP contribution is -2.36. The van der Waals surface area contributed by atoms with Crippen molar-refractivity contribution in [1.82, 2.24) is 10.6 Å². The van der Waals surface area contributed by atoms with Gasteiger partial charge in [0.05, 0.1) is 5.69 Å². The van der Waals surface area contributed by atoms with Gasteiger partial charge in [-0.3, -0.25) is 4.99 Å². The number of nitrogens with one attached hydrogen (secondary N) is 2. The third-order valence-electron chi connectivity index (χ3n) is 3.86. The first-order valence-corrected chi connectivity index (χ1v) is 8.06. The van der Waals surface area contributed by atoms with E-state index in [4.69, 9.17) is 0 Å². The minimum atomic E-state index is -0.256. The second kappa shape index (κ2) is 8.46. The minimum Gasteiger partial charge on any atom is -0.375 e. The van der Waals surface area contributed by atoms with E-state index in [0.29, 0.717) is 30.3 Å². The minimum absolute atomic E-state index is 0.213. The molecule has 2 N–H and O–H groups in total. The van der Waals surface area contributed by atoms with E-state index in [1.54, 1.807) is 51.2 Å². The number of halogens is 2. The molecule has 0 saturated carbocycles. The molecule has 0 heterocycles. The second-order valence-corrected chi connectivity index (χ2v) is 6.04. The fraction of sp³-hybridized carbons (Fsp3) is 0.316. The van der Waals surface area contributed by atoms with Crippen LogP contribution in [0.25, 0.3) is 0 Å². The predicted octanol–water partition coefficient (Wildman–Crippen LogP) is 3.20. The van der Waals surface area contributed by atoms with E-state index in [9.17, 15) is 8.78 Å². The molecule has 0 aromatic heterocycles. The summed E-state index contributed by atoms with van der Waals surface area (Å²) >= 11 is 0. The van der Waals surface area contributed by atoms with Gasteiger partial charge in [0, 0.05) is 34.2 Å². The Labute approximate surface area is 147 Å². The topological polar surface area (TPSA) is 39.7 Å². The highest BCUT2D eigenvalue weighted by Crippen LogP contribution is 2.18. The quantitative estimate of drug-likeness (QED) is 0.645. The number of anilines is 1. The summed E-state index contributed by atoms with van der Waals surface area (Å²) in [5.41, 5.74) is 2.95. The highest BCUT2D eigenvalue weighted by Gasteiger charge is 2.06. The van der Waals surface area contributed by atoms with Crippen molar-refractivity contribution >= 4 is 11.6 Å². The molecular weight excluding hydrogens is 322 g/mol. The second-order valence-electron chi connectivity index (χ2n) is 6.04. The van der Waals surface area contributed by atoms with Crippen molar-refractivity contribution in [1.29, 1.82) is 0 Å². The van der Waals surface area contributed by atoms with Crippen molar-refractivity contribution in [3.63, 3.8) is 0 Å². The van der Waals surface area contributed by atoms with Crippen LogP contribution in [-0.2, 0) is 13.1 Å². The molecule has 0 bridgehead atoms. The van der Waals surface area contributed by atoms with Crippen molar-refractivity contribution < 1.29 is 8.78 Å². The molecule has 4 nitrogen and oxygen atoms in total. The molecule has 134 valence electrons. The van der Waals surface area contributed by atoms with Crippen molar-refractivity contribution in [2.45, 2.75) is 20.0 Å². The third kappa shape index (κ3) is 5.17. The monoisotopic (exact) mass is 346 g/mol. The first-order valence-electron chi connectivity index (χ1n) is 8.06. The first kappa shape index (κ1) is 18.7. The van der Waals surface area contributed by atoms with Crippen LogP contribution in [0, 0.1) is 18.6 Å². The van der Waals surface area contributed by atoms with Crippen LogP contribution in [0.5, 0.6) is 0 Å². The molecule has 0 unspecified atom stereocenters. The lowest BCUT2D eigenvalue weighted by molar-refractivity contribution is 0.617. The Bertz CT molecular complexity index is 757. The molecule has 0 saturated heterocycles. The van der Waals surface area contributed by atoms with Crippen LogP contribution in [0.4, 0.5) is 14.5 Å². The van der Waals surface area contributed by atoms with Crippen LogP contribution in [0.15, 0.2) is 41.4 Å². The molecule has 0 amide bonds. The van der Waals surface area contributed by atoms with Crippen molar-refractivity contribution in [3.8, 4) is 0 Å². The maximum Gasteiger partial charge on any atom is 0.191 e. The highest BCUT2D eigenvalue weighted by atomic mass is 19.1. The number of nitrogens with zero attached hydrogens (tertiary/aromatic N) is 2. The van der Waals surface area contributed by atoms with Crippen LogP contribution in [0.3, 0.4) is 0 Å². The zero-order chi connectivity index (χ0) is 18.4. The average molecular weight is 346 g/mol. The van der Waals surface area contributed by atoms with Gasteiger partial charge in [-0.25, -0.2) is 8.78 Å². The lowest BCUT2D eigenvalue weighted by atomic mass is 10.1. The summed E-state index contributed by atoms with van der Waals surface area (Å²) < 4.78 is 27.3. The number of guanidine groups is 1. The smallest absolute Gasteiger partial charge is 0.191 e. The molecule has 2 rings (SSSR count). The van der Waals surface area contributed by atoms with Crippen LogP contribution in [-0.4, -0.2) is 27.1 Å². The van der Waals surface area contributed by atoms with E-state index in [1.165, 1.54) is 12.1 Å². The summed E-state index contributed by atoms with van der Waals surface area (Å²) in [6.07, 6.45) is 0. The Morgan fingerprint density at radius 2 is 1.56 bits per heavy atom. The Hall–Kier alpha value is -2.63. The van der Waals surface area contributed by atoms with Crippen LogP contribution in [0.1, 0.15) is 16.7 Å². The molecule has 0 radical (unpaired) electrons. The van der Waals surface area contributed by atoms with Crippen molar-refractivity contribution in [2.24, 2.45) is 4.99 Å². The number of aliphatic imine (C=N–C) groups is 1. The van der Waals surface area contributed by atoms with Crippen molar-refractivity contribution in [2.75, 3.05) is 26.0 Å². The molecule has 0 atom stereocenters. The van der Waals surface area contributed by atoms with E-state index >= 15 is 0 Å². The van der Waals surface area contributed by atoms with Crippen LogP contribution < -0.4 is 15.5 Å². The number of hydrogen-bond acceptors (Lipinski definition) is 2. The van der Waals surface area contributed by atoms with E-state index < -0.39 is 0 Å². The van der Waals surface area contributed by atoms with Gasteiger partial charge in [0.15, 0.2) is 5.96 Å². The largest absolute Gasteiger partial charge is 0.375 e. The van der Waals surface area contributed by atoms with Gasteiger partial charge in [-0.2, -0.15) is 0 Å². The van der Waals surface area contributed by atoms with Gasteiger partial charge in [-0.15, -0.1) is 0 Å². The molecular formula is C19H24F2N4. The van der Waals surface area contributed by atoms with E-state index in [0.717, 1.165) is 11.1 Å². The first-order chi connectivity index (χ1) is 11.9. The molecule has 25 heavy (non-hydrogen) atoms. The third-order valence-corrected chi connectivity index (χ3v) is 3.86. The SMILES string of the molecule is CN=C(NCc1ccc(F)c(C)c1)NCc1ccc(N(C)C)c(F)c1. The van der Waals surface area contributed by atoms with E-state index in [1.807, 2.05) is 6.07 Å². The number of benzene rings is 2. The number of rotatable bonds is 5. The van der Waals surface area contributed by atoms with Gasteiger partial charge in [-0.1, -0.05) is 18.2 Å². The van der Waals surface area contributed by atoms with Gasteiger partial charge in [0.25, 0.3) is 0 Å². The lowest BCUT2D eigenvalue weighted by Gasteiger charge is -2.15. The Morgan fingerprint density at radius 3 is 2.08 bits per heavy atom. The summed E-state index contributed by atoms with van der Waals surface area (Å²) in [6.45, 7) is 2.71. The normalized spacial score (nSPS) is 11.4. The van der Waals surface area contributed by atoms with Gasteiger partial charge < -0.3 is 15.5 Å². The van der Waals surface area contributed by atoms with Crippen LogP contribution in [0.2, 0.25) is 0 Å². The van der Waals surface area contributed by atoms with E-state index in [-0.39, 0.29) is 11.6 Å². The number of hydrogen-bond donors (Lipinski definition) is 2. The average Bonchev–Trinajstić information content (AvgIpc) is 2.57. The summed E-state index contributed by atoms with van der Waals surface area (Å²) in [6, 6.07) is 10.1. The maximum absolute atomic E-state index is 14.0. The Morgan fingerprint density at radius 1 is 0.960 bits per heavy atom. The van der Waals surface area contributed by atoms with Crippen molar-refractivity contribution in [3.05, 3.63) is 64.7 Å². The predicted molar refractivity (Wildman–Crippen MR) is 98.9 cm³/mol. The van der Waals surface area contributed by atoms with Crippen LogP contribution >= 0.6 is 0 Å². The number of aryl methyl sites for hydroxylation is 1. The fourth-order valence-corrected chi connectivity index (χ4v) is 2.43. The molecule has 2 aromatic rings. The summed E-state index contributed by atoms with van der Waals surface area (Å²) in [5, 5.41) is 6.30. The molecule has 0 spiro atoms. The Balaban J connectivity index is 1.92. The zero-order valence-electron chi connectivity index (χ0n) is 15.0. The maximum atomic E-state index is 14.0. The van der Waals surface area contributed by atoms with E-state index in [2.05, 4.69) is 15.6 Å². The highest BCUT2D eigenvalue weighted by molar-refractivity contribution is 5.79. The molecule has 0 aliphatic heterocycles. The standard InChI is InChI=1S/C19H24F2N4/c1-13-9-14(5-7-16(13)20)11-23-19(22-2)24-12-15-6-8-18(25(3)4)17(21)10-15/h5-10H,11-12H2,1-4H3,(H2,22,23,24). The molecule has 0 fully saturated rings.